The molecule has 0 unspecified atom stereocenters. The SMILES string of the molecule is O=C(Nc1cc(-c2cccc(Br)c2)no1)c1cccc(C(F)(F)F)c1. The van der Waals surface area contributed by atoms with Gasteiger partial charge in [0.15, 0.2) is 0 Å². The maximum atomic E-state index is 12.7. The number of carbonyl (C=O) groups is 1. The molecule has 1 aromatic heterocycles. The molecule has 0 aliphatic carbocycles. The minimum atomic E-state index is -4.52. The maximum Gasteiger partial charge on any atom is 0.416 e. The number of aromatic nitrogens is 1. The van der Waals surface area contributed by atoms with Gasteiger partial charge >= 0.3 is 6.18 Å². The van der Waals surface area contributed by atoms with E-state index in [1.54, 1.807) is 6.07 Å². The van der Waals surface area contributed by atoms with E-state index in [1.807, 2.05) is 18.2 Å². The van der Waals surface area contributed by atoms with Crippen LogP contribution < -0.4 is 5.32 Å². The highest BCUT2D eigenvalue weighted by molar-refractivity contribution is 9.10. The molecule has 0 bridgehead atoms. The van der Waals surface area contributed by atoms with Crippen molar-refractivity contribution >= 4 is 27.7 Å². The largest absolute Gasteiger partial charge is 0.416 e. The third-order valence-corrected chi connectivity index (χ3v) is 3.81. The van der Waals surface area contributed by atoms with Crippen LogP contribution in [0.5, 0.6) is 0 Å². The second-order valence-corrected chi connectivity index (χ2v) is 6.04. The number of nitrogens with zero attached hydrogens (tertiary/aromatic N) is 1. The number of alkyl halides is 3. The molecule has 0 atom stereocenters. The summed E-state index contributed by atoms with van der Waals surface area (Å²) in [4.78, 5) is 12.1. The van der Waals surface area contributed by atoms with E-state index in [0.29, 0.717) is 5.69 Å². The summed E-state index contributed by atoms with van der Waals surface area (Å²) in [5.74, 6) is -0.680. The van der Waals surface area contributed by atoms with E-state index < -0.39 is 17.6 Å². The first kappa shape index (κ1) is 17.2. The van der Waals surface area contributed by atoms with Crippen LogP contribution in [-0.2, 0) is 6.18 Å². The monoisotopic (exact) mass is 410 g/mol. The molecule has 8 heteroatoms. The molecule has 1 heterocycles. The first-order valence-corrected chi connectivity index (χ1v) is 7.83. The third-order valence-electron chi connectivity index (χ3n) is 3.32. The van der Waals surface area contributed by atoms with Gasteiger partial charge in [0, 0.05) is 21.7 Å². The van der Waals surface area contributed by atoms with Gasteiger partial charge in [0.1, 0.15) is 5.69 Å². The van der Waals surface area contributed by atoms with Crippen molar-refractivity contribution < 1.29 is 22.5 Å². The highest BCUT2D eigenvalue weighted by atomic mass is 79.9. The zero-order valence-corrected chi connectivity index (χ0v) is 14.1. The Labute approximate surface area is 148 Å². The molecule has 3 rings (SSSR count). The molecule has 0 spiro atoms. The van der Waals surface area contributed by atoms with Crippen molar-refractivity contribution in [1.29, 1.82) is 0 Å². The Bertz CT molecular complexity index is 922. The van der Waals surface area contributed by atoms with Crippen LogP contribution in [0.25, 0.3) is 11.3 Å². The van der Waals surface area contributed by atoms with Crippen LogP contribution in [0.3, 0.4) is 0 Å². The quantitative estimate of drug-likeness (QED) is 0.630. The van der Waals surface area contributed by atoms with Crippen molar-refractivity contribution in [2.45, 2.75) is 6.18 Å². The summed E-state index contributed by atoms with van der Waals surface area (Å²) in [5, 5.41) is 6.24. The Morgan fingerprint density at radius 3 is 2.56 bits per heavy atom. The summed E-state index contributed by atoms with van der Waals surface area (Å²) >= 11 is 3.34. The van der Waals surface area contributed by atoms with Crippen LogP contribution in [0.1, 0.15) is 15.9 Å². The summed E-state index contributed by atoms with van der Waals surface area (Å²) in [6, 6.07) is 12.9. The molecule has 0 radical (unpaired) electrons. The van der Waals surface area contributed by atoms with Crippen molar-refractivity contribution in [2.24, 2.45) is 0 Å². The Balaban J connectivity index is 1.78. The van der Waals surface area contributed by atoms with Crippen molar-refractivity contribution in [3.8, 4) is 11.3 Å². The topological polar surface area (TPSA) is 55.1 Å². The van der Waals surface area contributed by atoms with Gasteiger partial charge < -0.3 is 4.52 Å². The molecule has 0 aliphatic heterocycles. The van der Waals surface area contributed by atoms with E-state index in [2.05, 4.69) is 26.4 Å². The van der Waals surface area contributed by atoms with E-state index >= 15 is 0 Å². The summed E-state index contributed by atoms with van der Waals surface area (Å²) in [6.45, 7) is 0. The smallest absolute Gasteiger partial charge is 0.338 e. The fourth-order valence-electron chi connectivity index (χ4n) is 2.14. The molecule has 4 nitrogen and oxygen atoms in total. The lowest BCUT2D eigenvalue weighted by Crippen LogP contribution is -2.13. The van der Waals surface area contributed by atoms with Crippen molar-refractivity contribution in [3.05, 3.63) is 70.2 Å². The molecular formula is C17H10BrF3N2O2. The molecular weight excluding hydrogens is 401 g/mol. The fraction of sp³-hybridized carbons (Fsp3) is 0.0588. The minimum absolute atomic E-state index is 0.0392. The van der Waals surface area contributed by atoms with Crippen LogP contribution in [0.2, 0.25) is 0 Å². The van der Waals surface area contributed by atoms with Crippen LogP contribution in [0, 0.1) is 0 Å². The van der Waals surface area contributed by atoms with Crippen LogP contribution >= 0.6 is 15.9 Å². The van der Waals surface area contributed by atoms with E-state index in [0.717, 1.165) is 22.2 Å². The lowest BCUT2D eigenvalue weighted by Gasteiger charge is -2.08. The van der Waals surface area contributed by atoms with Crippen LogP contribution in [-0.4, -0.2) is 11.1 Å². The van der Waals surface area contributed by atoms with Crippen LogP contribution in [0.15, 0.2) is 63.6 Å². The first-order chi connectivity index (χ1) is 11.8. The summed E-state index contributed by atoms with van der Waals surface area (Å²) < 4.78 is 44.0. The van der Waals surface area contributed by atoms with E-state index in [-0.39, 0.29) is 11.4 Å². The van der Waals surface area contributed by atoms with Gasteiger partial charge in [-0.05, 0) is 30.3 Å². The van der Waals surface area contributed by atoms with Gasteiger partial charge in [0.05, 0.1) is 5.56 Å². The third kappa shape index (κ3) is 4.08. The Hall–Kier alpha value is -2.61. The predicted molar refractivity (Wildman–Crippen MR) is 89.0 cm³/mol. The molecule has 25 heavy (non-hydrogen) atoms. The zero-order chi connectivity index (χ0) is 18.0. The summed E-state index contributed by atoms with van der Waals surface area (Å²) in [5.41, 5.74) is 0.223. The van der Waals surface area contributed by atoms with Crippen molar-refractivity contribution in [2.75, 3.05) is 5.32 Å². The Morgan fingerprint density at radius 1 is 1.08 bits per heavy atom. The summed E-state index contributed by atoms with van der Waals surface area (Å²) in [6.07, 6.45) is -4.52. The Kier molecular flexibility index (Phi) is 4.63. The van der Waals surface area contributed by atoms with Gasteiger partial charge in [-0.2, -0.15) is 13.2 Å². The van der Waals surface area contributed by atoms with Gasteiger partial charge in [-0.3, -0.25) is 10.1 Å². The van der Waals surface area contributed by atoms with Crippen LogP contribution in [0.4, 0.5) is 19.1 Å². The van der Waals surface area contributed by atoms with Gasteiger partial charge in [-0.15, -0.1) is 0 Å². The highest BCUT2D eigenvalue weighted by Gasteiger charge is 2.31. The van der Waals surface area contributed by atoms with Gasteiger partial charge in [0.25, 0.3) is 5.91 Å². The molecule has 128 valence electrons. The standard InChI is InChI=1S/C17H10BrF3N2O2/c18-13-6-2-3-10(8-13)14-9-15(25-23-14)22-16(24)11-4-1-5-12(7-11)17(19,20)21/h1-9H,(H,22,24). The molecule has 2 aromatic carbocycles. The van der Waals surface area contributed by atoms with E-state index in [9.17, 15) is 18.0 Å². The van der Waals surface area contributed by atoms with Crippen molar-refractivity contribution in [1.82, 2.24) is 5.16 Å². The molecule has 0 aliphatic rings. The van der Waals surface area contributed by atoms with E-state index in [1.165, 1.54) is 18.2 Å². The second-order valence-electron chi connectivity index (χ2n) is 5.12. The normalized spacial score (nSPS) is 11.4. The predicted octanol–water partition coefficient (Wildman–Crippen LogP) is 5.38. The number of amides is 1. The number of benzene rings is 2. The minimum Gasteiger partial charge on any atom is -0.338 e. The van der Waals surface area contributed by atoms with Gasteiger partial charge in [0.2, 0.25) is 5.88 Å². The average molecular weight is 411 g/mol. The first-order valence-electron chi connectivity index (χ1n) is 7.04. The average Bonchev–Trinajstić information content (AvgIpc) is 3.03. The van der Waals surface area contributed by atoms with Crippen molar-refractivity contribution in [3.63, 3.8) is 0 Å². The lowest BCUT2D eigenvalue weighted by atomic mass is 10.1. The fourth-order valence-corrected chi connectivity index (χ4v) is 2.54. The summed E-state index contributed by atoms with van der Waals surface area (Å²) in [7, 11) is 0. The molecule has 0 saturated carbocycles. The molecule has 0 fully saturated rings. The number of hydrogen-bond donors (Lipinski definition) is 1. The number of halogens is 4. The molecule has 1 N–H and O–H groups in total. The van der Waals surface area contributed by atoms with E-state index in [4.69, 9.17) is 4.52 Å². The molecule has 1 amide bonds. The number of hydrogen-bond acceptors (Lipinski definition) is 3. The number of rotatable bonds is 3. The molecule has 3 aromatic rings. The number of nitrogens with one attached hydrogen (secondary N) is 1. The number of anilines is 1. The number of carbonyl (C=O) groups excluding carboxylic acids is 1. The zero-order valence-electron chi connectivity index (χ0n) is 12.5. The maximum absolute atomic E-state index is 12.7. The second kappa shape index (κ2) is 6.72. The Morgan fingerprint density at radius 2 is 1.84 bits per heavy atom. The van der Waals surface area contributed by atoms with Gasteiger partial charge in [-0.1, -0.05) is 39.3 Å². The lowest BCUT2D eigenvalue weighted by molar-refractivity contribution is -0.137. The highest BCUT2D eigenvalue weighted by Crippen LogP contribution is 2.30. The van der Waals surface area contributed by atoms with Gasteiger partial charge in [-0.25, -0.2) is 0 Å². The molecule has 0 saturated heterocycles.